The highest BCUT2D eigenvalue weighted by atomic mass is 16.3. The van der Waals surface area contributed by atoms with Gasteiger partial charge in [-0.2, -0.15) is 0 Å². The Hall–Kier alpha value is -2.03. The molecule has 0 saturated carbocycles. The molecule has 1 aromatic heterocycles. The number of phenolic OH excluding ortho intramolecular Hbond substituents is 1. The third kappa shape index (κ3) is 1.66. The molecule has 0 spiro atoms. The molecule has 0 aliphatic rings. The second-order valence-electron chi connectivity index (χ2n) is 3.05. The van der Waals surface area contributed by atoms with Crippen LogP contribution in [0.25, 0.3) is 11.1 Å². The fourth-order valence-electron chi connectivity index (χ4n) is 1.27. The van der Waals surface area contributed by atoms with Gasteiger partial charge in [-0.05, 0) is 23.8 Å². The van der Waals surface area contributed by atoms with Crippen molar-refractivity contribution >= 4 is 5.69 Å². The Labute approximate surface area is 81.8 Å². The van der Waals surface area contributed by atoms with Crippen LogP contribution in [0.4, 0.5) is 5.69 Å². The van der Waals surface area contributed by atoms with E-state index < -0.39 is 0 Å². The molecule has 1 heterocycles. The summed E-state index contributed by atoms with van der Waals surface area (Å²) < 4.78 is 0. The third-order valence-electron chi connectivity index (χ3n) is 1.96. The number of hydrogen-bond donors (Lipinski definition) is 2. The summed E-state index contributed by atoms with van der Waals surface area (Å²) in [6, 6.07) is 8.77. The summed E-state index contributed by atoms with van der Waals surface area (Å²) in [5.41, 5.74) is 8.19. The lowest BCUT2D eigenvalue weighted by Crippen LogP contribution is -1.87. The van der Waals surface area contributed by atoms with E-state index in [1.807, 2.05) is 18.2 Å². The normalized spacial score (nSPS) is 10.0. The Morgan fingerprint density at radius 2 is 1.71 bits per heavy atom. The quantitative estimate of drug-likeness (QED) is 0.716. The predicted molar refractivity (Wildman–Crippen MR) is 55.8 cm³/mol. The maximum Gasteiger partial charge on any atom is 0.115 e. The molecule has 1 aromatic carbocycles. The molecule has 2 aromatic rings. The van der Waals surface area contributed by atoms with E-state index in [1.54, 1.807) is 24.5 Å². The van der Waals surface area contributed by atoms with Crippen LogP contribution in [0.2, 0.25) is 0 Å². The van der Waals surface area contributed by atoms with Gasteiger partial charge in [0, 0.05) is 18.0 Å². The van der Waals surface area contributed by atoms with Crippen LogP contribution < -0.4 is 5.73 Å². The lowest BCUT2D eigenvalue weighted by molar-refractivity contribution is 0.475. The van der Waals surface area contributed by atoms with Crippen LogP contribution in [0, 0.1) is 0 Å². The van der Waals surface area contributed by atoms with E-state index in [0.29, 0.717) is 5.69 Å². The predicted octanol–water partition coefficient (Wildman–Crippen LogP) is 2.04. The summed E-state index contributed by atoms with van der Waals surface area (Å²) in [5.74, 6) is 0.255. The first-order valence-corrected chi connectivity index (χ1v) is 4.25. The zero-order valence-corrected chi connectivity index (χ0v) is 7.51. The number of aromatic hydroxyl groups is 1. The van der Waals surface area contributed by atoms with Crippen LogP contribution in [0.5, 0.6) is 5.75 Å². The van der Waals surface area contributed by atoms with E-state index in [-0.39, 0.29) is 5.75 Å². The molecule has 3 nitrogen and oxygen atoms in total. The number of hydrogen-bond acceptors (Lipinski definition) is 3. The van der Waals surface area contributed by atoms with Crippen molar-refractivity contribution in [2.75, 3.05) is 5.73 Å². The number of nitrogens with two attached hydrogens (primary N) is 1. The van der Waals surface area contributed by atoms with Gasteiger partial charge in [0.1, 0.15) is 5.75 Å². The number of nitrogens with zero attached hydrogens (tertiary/aromatic N) is 1. The van der Waals surface area contributed by atoms with Crippen molar-refractivity contribution in [3.05, 3.63) is 42.7 Å². The van der Waals surface area contributed by atoms with E-state index >= 15 is 0 Å². The highest BCUT2D eigenvalue weighted by Crippen LogP contribution is 2.22. The van der Waals surface area contributed by atoms with Crippen LogP contribution in [0.3, 0.4) is 0 Å². The van der Waals surface area contributed by atoms with Gasteiger partial charge in [-0.3, -0.25) is 4.98 Å². The minimum atomic E-state index is 0.255. The number of aromatic nitrogens is 1. The number of rotatable bonds is 1. The Morgan fingerprint density at radius 1 is 1.00 bits per heavy atom. The molecule has 0 aliphatic carbocycles. The molecule has 3 heteroatoms. The van der Waals surface area contributed by atoms with Crippen molar-refractivity contribution in [3.8, 4) is 16.9 Å². The molecule has 0 aliphatic heterocycles. The fourth-order valence-corrected chi connectivity index (χ4v) is 1.27. The second-order valence-corrected chi connectivity index (χ2v) is 3.05. The standard InChI is InChI=1S/C11H10N2O/c12-10-5-9(6-13-7-10)8-1-3-11(14)4-2-8/h1-7,14H,12H2. The largest absolute Gasteiger partial charge is 0.508 e. The lowest BCUT2D eigenvalue weighted by atomic mass is 10.1. The monoisotopic (exact) mass is 186 g/mol. The van der Waals surface area contributed by atoms with Gasteiger partial charge in [0.05, 0.1) is 5.69 Å². The molecular formula is C11H10N2O. The molecule has 14 heavy (non-hydrogen) atoms. The van der Waals surface area contributed by atoms with Gasteiger partial charge in [0.25, 0.3) is 0 Å². The molecular weight excluding hydrogens is 176 g/mol. The summed E-state index contributed by atoms with van der Waals surface area (Å²) in [7, 11) is 0. The molecule has 0 radical (unpaired) electrons. The van der Waals surface area contributed by atoms with Gasteiger partial charge in [0.2, 0.25) is 0 Å². The molecule has 0 unspecified atom stereocenters. The molecule has 0 atom stereocenters. The van der Waals surface area contributed by atoms with E-state index in [2.05, 4.69) is 4.98 Å². The van der Waals surface area contributed by atoms with Gasteiger partial charge in [-0.1, -0.05) is 12.1 Å². The Bertz CT molecular complexity index is 437. The van der Waals surface area contributed by atoms with Crippen molar-refractivity contribution in [3.63, 3.8) is 0 Å². The maximum absolute atomic E-state index is 9.12. The summed E-state index contributed by atoms with van der Waals surface area (Å²) in [6.07, 6.45) is 3.34. The fraction of sp³-hybridized carbons (Fsp3) is 0. The van der Waals surface area contributed by atoms with Gasteiger partial charge in [-0.15, -0.1) is 0 Å². The van der Waals surface area contributed by atoms with Gasteiger partial charge < -0.3 is 10.8 Å². The van der Waals surface area contributed by atoms with Crippen molar-refractivity contribution in [1.82, 2.24) is 4.98 Å². The molecule has 0 fully saturated rings. The first-order chi connectivity index (χ1) is 6.75. The number of benzene rings is 1. The third-order valence-corrected chi connectivity index (χ3v) is 1.96. The summed E-state index contributed by atoms with van der Waals surface area (Å²) >= 11 is 0. The van der Waals surface area contributed by atoms with Crippen molar-refractivity contribution in [1.29, 1.82) is 0 Å². The van der Waals surface area contributed by atoms with E-state index in [9.17, 15) is 0 Å². The summed E-state index contributed by atoms with van der Waals surface area (Å²) in [6.45, 7) is 0. The van der Waals surface area contributed by atoms with Crippen molar-refractivity contribution < 1.29 is 5.11 Å². The SMILES string of the molecule is Nc1cncc(-c2ccc(O)cc2)c1. The first kappa shape index (κ1) is 8.56. The van der Waals surface area contributed by atoms with Gasteiger partial charge in [-0.25, -0.2) is 0 Å². The van der Waals surface area contributed by atoms with Crippen LogP contribution in [-0.4, -0.2) is 10.1 Å². The van der Waals surface area contributed by atoms with Crippen LogP contribution in [0.1, 0.15) is 0 Å². The zero-order valence-electron chi connectivity index (χ0n) is 7.51. The second kappa shape index (κ2) is 3.38. The van der Waals surface area contributed by atoms with E-state index in [0.717, 1.165) is 11.1 Å². The van der Waals surface area contributed by atoms with Crippen LogP contribution >= 0.6 is 0 Å². The van der Waals surface area contributed by atoms with Crippen molar-refractivity contribution in [2.45, 2.75) is 0 Å². The molecule has 2 rings (SSSR count). The molecule has 0 bridgehead atoms. The minimum Gasteiger partial charge on any atom is -0.508 e. The first-order valence-electron chi connectivity index (χ1n) is 4.25. The van der Waals surface area contributed by atoms with Gasteiger partial charge >= 0.3 is 0 Å². The average molecular weight is 186 g/mol. The highest BCUT2D eigenvalue weighted by molar-refractivity contribution is 5.66. The van der Waals surface area contributed by atoms with Gasteiger partial charge in [0.15, 0.2) is 0 Å². The Balaban J connectivity index is 2.44. The summed E-state index contributed by atoms with van der Waals surface area (Å²) in [4.78, 5) is 4.00. The zero-order chi connectivity index (χ0) is 9.97. The molecule has 3 N–H and O–H groups in total. The van der Waals surface area contributed by atoms with Crippen LogP contribution in [0.15, 0.2) is 42.7 Å². The average Bonchev–Trinajstić information content (AvgIpc) is 2.19. The maximum atomic E-state index is 9.12. The van der Waals surface area contributed by atoms with Crippen molar-refractivity contribution in [2.24, 2.45) is 0 Å². The smallest absolute Gasteiger partial charge is 0.115 e. The Morgan fingerprint density at radius 3 is 2.36 bits per heavy atom. The summed E-state index contributed by atoms with van der Waals surface area (Å²) in [5, 5.41) is 9.12. The van der Waals surface area contributed by atoms with Crippen LogP contribution in [-0.2, 0) is 0 Å². The lowest BCUT2D eigenvalue weighted by Gasteiger charge is -2.01. The minimum absolute atomic E-state index is 0.255. The number of phenols is 1. The molecule has 0 amide bonds. The van der Waals surface area contributed by atoms with E-state index in [4.69, 9.17) is 10.8 Å². The highest BCUT2D eigenvalue weighted by Gasteiger charge is 1.98. The Kier molecular flexibility index (Phi) is 2.07. The van der Waals surface area contributed by atoms with E-state index in [1.165, 1.54) is 0 Å². The number of nitrogen functional groups attached to an aromatic ring is 1. The molecule has 0 saturated heterocycles. The number of pyridine rings is 1. The number of anilines is 1. The topological polar surface area (TPSA) is 59.1 Å². The molecule has 70 valence electrons.